The van der Waals surface area contributed by atoms with Crippen molar-refractivity contribution in [1.82, 2.24) is 4.90 Å². The predicted molar refractivity (Wildman–Crippen MR) is 63.9 cm³/mol. The monoisotopic (exact) mass is 235 g/mol. The normalized spacial score (nSPS) is 22.6. The van der Waals surface area contributed by atoms with E-state index in [1.54, 1.807) is 12.1 Å². The van der Waals surface area contributed by atoms with Crippen molar-refractivity contribution in [3.63, 3.8) is 0 Å². The number of likely N-dealkylation sites (N-methyl/N-ethyl adjacent to an activating group) is 1. The highest BCUT2D eigenvalue weighted by molar-refractivity contribution is 5.73. The van der Waals surface area contributed by atoms with Crippen molar-refractivity contribution in [2.24, 2.45) is 0 Å². The minimum Gasteiger partial charge on any atom is -0.479 e. The molecule has 92 valence electrons. The molecule has 0 aromatic heterocycles. The minimum absolute atomic E-state index is 0.438. The Labute approximate surface area is 100 Å². The third kappa shape index (κ3) is 2.65. The lowest BCUT2D eigenvalue weighted by Crippen LogP contribution is -2.13. The number of aliphatic hydroxyl groups is 1. The van der Waals surface area contributed by atoms with Crippen LogP contribution in [-0.2, 0) is 4.79 Å². The van der Waals surface area contributed by atoms with Crippen LogP contribution >= 0.6 is 0 Å². The lowest BCUT2D eigenvalue weighted by Gasteiger charge is -2.12. The average Bonchev–Trinajstić information content (AvgIpc) is 2.75. The highest BCUT2D eigenvalue weighted by Crippen LogP contribution is 2.27. The fourth-order valence-electron chi connectivity index (χ4n) is 2.30. The fourth-order valence-corrected chi connectivity index (χ4v) is 2.30. The molecule has 1 fully saturated rings. The van der Waals surface area contributed by atoms with Crippen LogP contribution in [0.15, 0.2) is 24.3 Å². The molecule has 2 atom stereocenters. The Balaban J connectivity index is 2.10. The SMILES string of the molecule is CN1CCC(c2ccc(C(O)C(=O)O)cc2)C1. The molecule has 2 unspecified atom stereocenters. The first kappa shape index (κ1) is 12.1. The third-order valence-corrected chi connectivity index (χ3v) is 3.35. The van der Waals surface area contributed by atoms with E-state index in [1.165, 1.54) is 5.56 Å². The number of carboxylic acids is 1. The number of hydrogen-bond donors (Lipinski definition) is 2. The van der Waals surface area contributed by atoms with Gasteiger partial charge in [-0.15, -0.1) is 0 Å². The second kappa shape index (κ2) is 4.85. The van der Waals surface area contributed by atoms with Crippen molar-refractivity contribution in [3.8, 4) is 0 Å². The van der Waals surface area contributed by atoms with E-state index in [4.69, 9.17) is 5.11 Å². The van der Waals surface area contributed by atoms with E-state index in [2.05, 4.69) is 11.9 Å². The zero-order chi connectivity index (χ0) is 12.4. The molecule has 0 aliphatic carbocycles. The number of hydrogen-bond acceptors (Lipinski definition) is 3. The molecule has 4 heteroatoms. The van der Waals surface area contributed by atoms with Crippen LogP contribution in [0.2, 0.25) is 0 Å². The van der Waals surface area contributed by atoms with E-state index in [-0.39, 0.29) is 0 Å². The molecule has 0 radical (unpaired) electrons. The number of likely N-dealkylation sites (tertiary alicyclic amines) is 1. The maximum Gasteiger partial charge on any atom is 0.337 e. The van der Waals surface area contributed by atoms with E-state index in [1.807, 2.05) is 12.1 Å². The summed E-state index contributed by atoms with van der Waals surface area (Å²) < 4.78 is 0. The van der Waals surface area contributed by atoms with Gasteiger partial charge >= 0.3 is 5.97 Å². The lowest BCUT2D eigenvalue weighted by molar-refractivity contribution is -0.146. The highest BCUT2D eigenvalue weighted by Gasteiger charge is 2.22. The Hall–Kier alpha value is -1.39. The first-order chi connectivity index (χ1) is 8.08. The summed E-state index contributed by atoms with van der Waals surface area (Å²) in [6.45, 7) is 2.14. The lowest BCUT2D eigenvalue weighted by atomic mass is 9.96. The van der Waals surface area contributed by atoms with Crippen LogP contribution in [0.3, 0.4) is 0 Å². The van der Waals surface area contributed by atoms with Gasteiger partial charge in [0.2, 0.25) is 0 Å². The summed E-state index contributed by atoms with van der Waals surface area (Å²) in [5.41, 5.74) is 1.66. The first-order valence-electron chi connectivity index (χ1n) is 5.77. The number of nitrogens with zero attached hydrogens (tertiary/aromatic N) is 1. The summed E-state index contributed by atoms with van der Waals surface area (Å²) >= 11 is 0. The third-order valence-electron chi connectivity index (χ3n) is 3.35. The highest BCUT2D eigenvalue weighted by atomic mass is 16.4. The molecule has 0 spiro atoms. The van der Waals surface area contributed by atoms with Crippen LogP contribution < -0.4 is 0 Å². The second-order valence-electron chi connectivity index (χ2n) is 4.66. The van der Waals surface area contributed by atoms with Crippen molar-refractivity contribution in [2.75, 3.05) is 20.1 Å². The van der Waals surface area contributed by atoms with Gasteiger partial charge in [-0.25, -0.2) is 4.79 Å². The van der Waals surface area contributed by atoms with E-state index in [0.29, 0.717) is 11.5 Å². The van der Waals surface area contributed by atoms with Gasteiger partial charge in [-0.1, -0.05) is 24.3 Å². The van der Waals surface area contributed by atoms with Crippen LogP contribution in [0.1, 0.15) is 29.6 Å². The van der Waals surface area contributed by atoms with E-state index < -0.39 is 12.1 Å². The van der Waals surface area contributed by atoms with Crippen LogP contribution in [0, 0.1) is 0 Å². The Bertz CT molecular complexity index is 402. The predicted octanol–water partition coefficient (Wildman–Crippen LogP) is 1.22. The van der Waals surface area contributed by atoms with E-state index in [9.17, 15) is 9.90 Å². The maximum absolute atomic E-state index is 10.6. The van der Waals surface area contributed by atoms with Gasteiger partial charge in [-0.3, -0.25) is 0 Å². The van der Waals surface area contributed by atoms with Crippen LogP contribution in [0.25, 0.3) is 0 Å². The Morgan fingerprint density at radius 2 is 2.06 bits per heavy atom. The van der Waals surface area contributed by atoms with Gasteiger partial charge in [0.15, 0.2) is 6.10 Å². The van der Waals surface area contributed by atoms with Crippen molar-refractivity contribution < 1.29 is 15.0 Å². The van der Waals surface area contributed by atoms with Gasteiger partial charge in [0.25, 0.3) is 0 Å². The zero-order valence-electron chi connectivity index (χ0n) is 9.84. The Morgan fingerprint density at radius 1 is 1.41 bits per heavy atom. The molecule has 0 amide bonds. The average molecular weight is 235 g/mol. The quantitative estimate of drug-likeness (QED) is 0.827. The summed E-state index contributed by atoms with van der Waals surface area (Å²) in [5.74, 6) is -0.686. The van der Waals surface area contributed by atoms with Crippen molar-refractivity contribution in [2.45, 2.75) is 18.4 Å². The maximum atomic E-state index is 10.6. The smallest absolute Gasteiger partial charge is 0.337 e. The van der Waals surface area contributed by atoms with Gasteiger partial charge < -0.3 is 15.1 Å². The van der Waals surface area contributed by atoms with Crippen molar-refractivity contribution >= 4 is 5.97 Å². The summed E-state index contributed by atoms with van der Waals surface area (Å²) in [6.07, 6.45) is -0.285. The van der Waals surface area contributed by atoms with Gasteiger partial charge in [-0.2, -0.15) is 0 Å². The van der Waals surface area contributed by atoms with E-state index in [0.717, 1.165) is 19.5 Å². The summed E-state index contributed by atoms with van der Waals surface area (Å²) in [5, 5.41) is 18.1. The minimum atomic E-state index is -1.42. The standard InChI is InChI=1S/C13H17NO3/c1-14-7-6-11(8-14)9-2-4-10(5-3-9)12(15)13(16)17/h2-5,11-12,15H,6-8H2,1H3,(H,16,17). The molecule has 0 bridgehead atoms. The molecule has 1 saturated heterocycles. The molecule has 1 aliphatic rings. The molecular weight excluding hydrogens is 218 g/mol. The number of benzene rings is 1. The molecule has 4 nitrogen and oxygen atoms in total. The van der Waals surface area contributed by atoms with Crippen molar-refractivity contribution in [1.29, 1.82) is 0 Å². The molecule has 17 heavy (non-hydrogen) atoms. The first-order valence-corrected chi connectivity index (χ1v) is 5.77. The Morgan fingerprint density at radius 3 is 2.53 bits per heavy atom. The molecule has 1 aromatic carbocycles. The van der Waals surface area contributed by atoms with E-state index >= 15 is 0 Å². The van der Waals surface area contributed by atoms with Gasteiger partial charge in [0.1, 0.15) is 0 Å². The zero-order valence-corrected chi connectivity index (χ0v) is 9.84. The molecule has 2 rings (SSSR count). The van der Waals surface area contributed by atoms with Gasteiger partial charge in [0, 0.05) is 6.54 Å². The molecular formula is C13H17NO3. The number of rotatable bonds is 3. The fraction of sp³-hybridized carbons (Fsp3) is 0.462. The van der Waals surface area contributed by atoms with Crippen LogP contribution in [-0.4, -0.2) is 41.2 Å². The van der Waals surface area contributed by atoms with Crippen molar-refractivity contribution in [3.05, 3.63) is 35.4 Å². The molecule has 1 aromatic rings. The largest absolute Gasteiger partial charge is 0.479 e. The number of aliphatic hydroxyl groups excluding tert-OH is 1. The Kier molecular flexibility index (Phi) is 3.45. The van der Waals surface area contributed by atoms with Gasteiger partial charge in [-0.05, 0) is 37.1 Å². The molecule has 0 saturated carbocycles. The van der Waals surface area contributed by atoms with Gasteiger partial charge in [0.05, 0.1) is 0 Å². The summed E-state index contributed by atoms with van der Waals surface area (Å²) in [6, 6.07) is 7.25. The topological polar surface area (TPSA) is 60.8 Å². The summed E-state index contributed by atoms with van der Waals surface area (Å²) in [7, 11) is 2.10. The van der Waals surface area contributed by atoms with Crippen LogP contribution in [0.4, 0.5) is 0 Å². The number of aliphatic carboxylic acids is 1. The summed E-state index contributed by atoms with van der Waals surface area (Å²) in [4.78, 5) is 12.9. The molecule has 1 aliphatic heterocycles. The second-order valence-corrected chi connectivity index (χ2v) is 4.66. The number of carboxylic acid groups (broad SMARTS) is 1. The molecule has 2 N–H and O–H groups in total. The molecule has 1 heterocycles. The van der Waals surface area contributed by atoms with Crippen LogP contribution in [0.5, 0.6) is 0 Å². The number of carbonyl (C=O) groups is 1.